The Hall–Kier alpha value is -3.27. The molecule has 0 radical (unpaired) electrons. The molecule has 0 amide bonds. The molecule has 0 unspecified atom stereocenters. The van der Waals surface area contributed by atoms with Gasteiger partial charge in [0.25, 0.3) is 0 Å². The number of thioether (sulfide) groups is 1. The van der Waals surface area contributed by atoms with Gasteiger partial charge in [-0.05, 0) is 25.6 Å². The molecule has 2 aliphatic heterocycles. The van der Waals surface area contributed by atoms with Crippen LogP contribution < -0.4 is 10.6 Å². The molecular formula is C24H32N10O8S. The van der Waals surface area contributed by atoms with Crippen LogP contribution in [0.2, 0.25) is 0 Å². The Balaban J connectivity index is 1.59. The average molecular weight is 621 g/mol. The fraction of sp³-hybridized carbons (Fsp3) is 0.583. The standard InChI is InChI=1S/C24H32N10O8S/c1-3-25-19-13-21(29-7-27-19)33(9-31-13)23(17(39)15(37)11(5-35)41-23)43-24(18(40)16(38)12(6-36)42-24)34-10-32-14-20(26-4-2)28-8-30-22(14)34/h7-12,15-18,35-40H,3-6H2,1-2H3,(H,25,27,29)(H,26,28,30)/t11-,12-,15-,16-,17-,18-,23+,24+/m1/s1. The van der Waals surface area contributed by atoms with Crippen molar-refractivity contribution in [2.24, 2.45) is 0 Å². The summed E-state index contributed by atoms with van der Waals surface area (Å²) in [7, 11) is 0. The van der Waals surface area contributed by atoms with Crippen molar-refractivity contribution in [1.29, 1.82) is 0 Å². The molecule has 0 aliphatic carbocycles. The maximum atomic E-state index is 11.7. The number of aromatic nitrogens is 8. The van der Waals surface area contributed by atoms with Crippen LogP contribution in [0.1, 0.15) is 13.8 Å². The number of fused-ring (bicyclic) bond motifs is 2. The fourth-order valence-electron chi connectivity index (χ4n) is 5.44. The maximum absolute atomic E-state index is 11.7. The van der Waals surface area contributed by atoms with E-state index in [-0.39, 0.29) is 11.3 Å². The van der Waals surface area contributed by atoms with Crippen LogP contribution in [0.4, 0.5) is 11.6 Å². The summed E-state index contributed by atoms with van der Waals surface area (Å²) in [6.07, 6.45) is -4.15. The first-order chi connectivity index (χ1) is 20.8. The van der Waals surface area contributed by atoms with E-state index in [2.05, 4.69) is 40.5 Å². The van der Waals surface area contributed by atoms with E-state index in [1.54, 1.807) is 0 Å². The van der Waals surface area contributed by atoms with Crippen molar-refractivity contribution in [2.75, 3.05) is 36.9 Å². The molecule has 6 rings (SSSR count). The van der Waals surface area contributed by atoms with Gasteiger partial charge in [-0.15, -0.1) is 0 Å². The summed E-state index contributed by atoms with van der Waals surface area (Å²) in [6, 6.07) is 0. The molecule has 18 nitrogen and oxygen atoms in total. The minimum absolute atomic E-state index is 0.178. The third-order valence-corrected chi connectivity index (χ3v) is 9.13. The number of hydrogen-bond acceptors (Lipinski definition) is 17. The first kappa shape index (κ1) is 29.8. The first-order valence-electron chi connectivity index (χ1n) is 13.6. The summed E-state index contributed by atoms with van der Waals surface area (Å²) < 4.78 is 15.1. The van der Waals surface area contributed by atoms with Gasteiger partial charge in [-0.25, -0.2) is 29.9 Å². The Labute approximate surface area is 247 Å². The van der Waals surface area contributed by atoms with Crippen molar-refractivity contribution in [3.05, 3.63) is 25.3 Å². The van der Waals surface area contributed by atoms with E-state index in [0.29, 0.717) is 47.5 Å². The molecule has 2 saturated heterocycles. The normalized spacial score (nSPS) is 32.7. The van der Waals surface area contributed by atoms with Crippen molar-refractivity contribution in [3.63, 3.8) is 0 Å². The predicted molar refractivity (Wildman–Crippen MR) is 150 cm³/mol. The van der Waals surface area contributed by atoms with Crippen LogP contribution in [-0.2, 0) is 19.6 Å². The Morgan fingerprint density at radius 1 is 0.721 bits per heavy atom. The van der Waals surface area contributed by atoms with Gasteiger partial charge < -0.3 is 50.7 Å². The lowest BCUT2D eigenvalue weighted by molar-refractivity contribution is -0.104. The zero-order chi connectivity index (χ0) is 30.5. The number of rotatable bonds is 10. The lowest BCUT2D eigenvalue weighted by Crippen LogP contribution is -2.51. The van der Waals surface area contributed by atoms with Gasteiger partial charge in [0.05, 0.1) is 13.2 Å². The highest BCUT2D eigenvalue weighted by Gasteiger charge is 2.66. The van der Waals surface area contributed by atoms with Gasteiger partial charge in [0.2, 0.25) is 10.1 Å². The molecule has 4 aromatic rings. The molecule has 4 aromatic heterocycles. The molecule has 6 heterocycles. The van der Waals surface area contributed by atoms with E-state index in [0.717, 1.165) is 0 Å². The molecule has 43 heavy (non-hydrogen) atoms. The molecule has 8 atom stereocenters. The second-order valence-electron chi connectivity index (χ2n) is 9.99. The predicted octanol–water partition coefficient (Wildman–Crippen LogP) is -2.29. The summed E-state index contributed by atoms with van der Waals surface area (Å²) in [5.41, 5.74) is 0.983. The van der Waals surface area contributed by atoms with Gasteiger partial charge in [-0.3, -0.25) is 9.13 Å². The van der Waals surface area contributed by atoms with Crippen LogP contribution in [-0.4, -0.2) is 133 Å². The molecule has 19 heteroatoms. The van der Waals surface area contributed by atoms with Crippen LogP contribution in [0.3, 0.4) is 0 Å². The molecular weight excluding hydrogens is 588 g/mol. The van der Waals surface area contributed by atoms with Gasteiger partial charge in [0, 0.05) is 13.1 Å². The number of anilines is 2. The van der Waals surface area contributed by atoms with Crippen LogP contribution in [0, 0.1) is 0 Å². The lowest BCUT2D eigenvalue weighted by Gasteiger charge is -2.42. The highest BCUT2D eigenvalue weighted by molar-refractivity contribution is 8.00. The van der Waals surface area contributed by atoms with E-state index >= 15 is 0 Å². The molecule has 0 saturated carbocycles. The van der Waals surface area contributed by atoms with Crippen molar-refractivity contribution < 1.29 is 40.1 Å². The molecule has 0 aromatic carbocycles. The highest BCUT2D eigenvalue weighted by Crippen LogP contribution is 2.57. The summed E-state index contributed by atoms with van der Waals surface area (Å²) in [4.78, 5) is 26.0. The molecule has 0 spiro atoms. The summed E-state index contributed by atoms with van der Waals surface area (Å²) >= 11 is 0.653. The van der Waals surface area contributed by atoms with Gasteiger partial charge in [-0.1, -0.05) is 0 Å². The SMILES string of the molecule is CCNc1ncnc2c1ncn2[C@]1(S[C@@]2(n3cnc4c(NCC)ncnc43)O[C@H](CO)[C@@H](O)[C@H]2O)O[C@H](CO)[C@@H](O)[C@H]1O. The summed E-state index contributed by atoms with van der Waals surface area (Å²) in [5, 5.41) is 67.4. The van der Waals surface area contributed by atoms with Gasteiger partial charge in [-0.2, -0.15) is 0 Å². The topological polar surface area (TPSA) is 251 Å². The van der Waals surface area contributed by atoms with Crippen molar-refractivity contribution in [2.45, 2.75) is 60.6 Å². The highest BCUT2D eigenvalue weighted by atomic mass is 32.2. The molecule has 8 N–H and O–H groups in total. The number of ether oxygens (including phenoxy) is 2. The number of nitrogens with zero attached hydrogens (tertiary/aromatic N) is 8. The summed E-state index contributed by atoms with van der Waals surface area (Å²) in [6.45, 7) is 3.46. The van der Waals surface area contributed by atoms with Gasteiger partial charge >= 0.3 is 0 Å². The zero-order valence-electron chi connectivity index (χ0n) is 23.1. The quantitative estimate of drug-likeness (QED) is 0.0928. The number of hydrogen-bond donors (Lipinski definition) is 8. The van der Waals surface area contributed by atoms with E-state index < -0.39 is 60.0 Å². The largest absolute Gasteiger partial charge is 0.394 e. The van der Waals surface area contributed by atoms with Crippen LogP contribution in [0.25, 0.3) is 22.3 Å². The minimum atomic E-state index is -2.10. The second-order valence-corrected chi connectivity index (χ2v) is 11.4. The van der Waals surface area contributed by atoms with Gasteiger partial charge in [0.1, 0.15) is 61.9 Å². The average Bonchev–Trinajstić information content (AvgIpc) is 3.76. The van der Waals surface area contributed by atoms with Crippen LogP contribution in [0.5, 0.6) is 0 Å². The molecule has 2 fully saturated rings. The van der Waals surface area contributed by atoms with Crippen molar-refractivity contribution >= 4 is 45.7 Å². The van der Waals surface area contributed by atoms with E-state index in [4.69, 9.17) is 9.47 Å². The third-order valence-electron chi connectivity index (χ3n) is 7.48. The lowest BCUT2D eigenvalue weighted by atomic mass is 10.1. The summed E-state index contributed by atoms with van der Waals surface area (Å²) in [5.74, 6) is 0.795. The second kappa shape index (κ2) is 11.3. The van der Waals surface area contributed by atoms with Crippen molar-refractivity contribution in [1.82, 2.24) is 39.0 Å². The van der Waals surface area contributed by atoms with Crippen molar-refractivity contribution in [3.8, 4) is 0 Å². The van der Waals surface area contributed by atoms with Crippen LogP contribution >= 0.6 is 11.8 Å². The van der Waals surface area contributed by atoms with E-state index in [9.17, 15) is 30.6 Å². The number of aliphatic hydroxyl groups is 6. The molecule has 2 aliphatic rings. The van der Waals surface area contributed by atoms with E-state index in [1.165, 1.54) is 34.4 Å². The minimum Gasteiger partial charge on any atom is -0.394 e. The Kier molecular flexibility index (Phi) is 7.85. The third kappa shape index (κ3) is 4.42. The maximum Gasteiger partial charge on any atom is 0.230 e. The Bertz CT molecular complexity index is 1490. The van der Waals surface area contributed by atoms with Crippen LogP contribution in [0.15, 0.2) is 25.3 Å². The smallest absolute Gasteiger partial charge is 0.230 e. The van der Waals surface area contributed by atoms with Gasteiger partial charge in [0.15, 0.2) is 34.0 Å². The molecule has 232 valence electrons. The zero-order valence-corrected chi connectivity index (χ0v) is 23.9. The monoisotopic (exact) mass is 620 g/mol. The van der Waals surface area contributed by atoms with E-state index in [1.807, 2.05) is 13.8 Å². The fourth-order valence-corrected chi connectivity index (χ4v) is 7.18. The number of aliphatic hydroxyl groups excluding tert-OH is 6. The first-order valence-corrected chi connectivity index (χ1v) is 14.4. The number of imidazole rings is 2. The Morgan fingerprint density at radius 3 is 1.49 bits per heavy atom. The number of nitrogens with one attached hydrogen (secondary N) is 2. The Morgan fingerprint density at radius 2 is 1.14 bits per heavy atom. The molecule has 0 bridgehead atoms.